The van der Waals surface area contributed by atoms with Gasteiger partial charge in [-0.15, -0.1) is 0 Å². The fourth-order valence-electron chi connectivity index (χ4n) is 5.11. The zero-order valence-corrected chi connectivity index (χ0v) is 20.8. The van der Waals surface area contributed by atoms with Crippen molar-refractivity contribution in [2.45, 2.75) is 6.04 Å². The molecule has 0 spiro atoms. The van der Waals surface area contributed by atoms with Crippen LogP contribution in [0.5, 0.6) is 5.75 Å². The lowest BCUT2D eigenvalue weighted by atomic mass is 10.1. The number of nitrogens with zero attached hydrogens (tertiary/aromatic N) is 6. The van der Waals surface area contributed by atoms with Crippen LogP contribution < -0.4 is 15.0 Å². The van der Waals surface area contributed by atoms with Crippen LogP contribution in [0.25, 0.3) is 27.8 Å². The van der Waals surface area contributed by atoms with Gasteiger partial charge < -0.3 is 19.4 Å². The van der Waals surface area contributed by atoms with Crippen LogP contribution in [-0.4, -0.2) is 75.8 Å². The average Bonchev–Trinajstić information content (AvgIpc) is 3.56. The minimum Gasteiger partial charge on any atom is -0.489 e. The van der Waals surface area contributed by atoms with Gasteiger partial charge in [0.05, 0.1) is 35.4 Å². The van der Waals surface area contributed by atoms with Crippen LogP contribution in [-0.2, 0) is 10.0 Å². The highest BCUT2D eigenvalue weighted by Gasteiger charge is 2.35. The van der Waals surface area contributed by atoms with Crippen molar-refractivity contribution >= 4 is 43.8 Å². The third-order valence-electron chi connectivity index (χ3n) is 6.99. The summed E-state index contributed by atoms with van der Waals surface area (Å²) >= 11 is 0. The van der Waals surface area contributed by atoms with Crippen LogP contribution >= 0.6 is 0 Å². The quantitative estimate of drug-likeness (QED) is 0.374. The summed E-state index contributed by atoms with van der Waals surface area (Å²) in [6.07, 6.45) is 8.65. The monoisotopic (exact) mass is 516 g/mol. The molecule has 2 aromatic carbocycles. The van der Waals surface area contributed by atoms with Gasteiger partial charge in [0.2, 0.25) is 10.0 Å². The molecule has 7 rings (SSSR count). The van der Waals surface area contributed by atoms with Crippen molar-refractivity contribution in [1.82, 2.24) is 28.9 Å². The van der Waals surface area contributed by atoms with Gasteiger partial charge >= 0.3 is 0 Å². The Morgan fingerprint density at radius 1 is 1.16 bits per heavy atom. The van der Waals surface area contributed by atoms with Crippen molar-refractivity contribution in [2.24, 2.45) is 0 Å². The Balaban J connectivity index is 1.20. The molecule has 0 aliphatic carbocycles. The lowest BCUT2D eigenvalue weighted by molar-refractivity contribution is 0.216. The van der Waals surface area contributed by atoms with Crippen LogP contribution in [0.3, 0.4) is 0 Å². The Morgan fingerprint density at radius 3 is 2.97 bits per heavy atom. The van der Waals surface area contributed by atoms with Gasteiger partial charge in [0, 0.05) is 60.9 Å². The van der Waals surface area contributed by atoms with Crippen LogP contribution in [0, 0.1) is 0 Å². The number of hydrogen-bond acceptors (Lipinski definition) is 8. The van der Waals surface area contributed by atoms with Gasteiger partial charge in [0.25, 0.3) is 0 Å². The fourth-order valence-corrected chi connectivity index (χ4v) is 5.96. The van der Waals surface area contributed by atoms with E-state index in [0.29, 0.717) is 37.7 Å². The number of imidazole rings is 1. The molecule has 0 amide bonds. The summed E-state index contributed by atoms with van der Waals surface area (Å²) in [6, 6.07) is 12.0. The number of anilines is 3. The first-order valence-electron chi connectivity index (χ1n) is 12.0. The topological polar surface area (TPSA) is 121 Å². The predicted octanol–water partition coefficient (Wildman–Crippen LogP) is 2.86. The summed E-state index contributed by atoms with van der Waals surface area (Å²) in [4.78, 5) is 11.6. The predicted molar refractivity (Wildman–Crippen MR) is 141 cm³/mol. The highest BCUT2D eigenvalue weighted by molar-refractivity contribution is 7.88. The van der Waals surface area contributed by atoms with E-state index >= 15 is 0 Å². The van der Waals surface area contributed by atoms with E-state index in [0.717, 1.165) is 39.3 Å². The molecule has 1 saturated heterocycles. The van der Waals surface area contributed by atoms with E-state index < -0.39 is 10.0 Å². The fraction of sp³-hybridized carbons (Fsp3) is 0.240. The van der Waals surface area contributed by atoms with E-state index in [4.69, 9.17) is 9.72 Å². The molecule has 0 saturated carbocycles. The van der Waals surface area contributed by atoms with Gasteiger partial charge in [-0.3, -0.25) is 5.10 Å². The van der Waals surface area contributed by atoms with E-state index in [9.17, 15) is 8.42 Å². The van der Waals surface area contributed by atoms with Gasteiger partial charge in [-0.2, -0.15) is 9.40 Å². The van der Waals surface area contributed by atoms with Gasteiger partial charge in [0.1, 0.15) is 12.4 Å². The SMILES string of the molecule is CS(=O)(=O)N1CCN2c3ccc(Nc4nc(-c5ccc6cn[nH]c6c5)cn5ccnc45)cc3OCC2C1. The van der Waals surface area contributed by atoms with E-state index in [-0.39, 0.29) is 6.04 Å². The van der Waals surface area contributed by atoms with Crippen molar-refractivity contribution in [3.05, 3.63) is 61.2 Å². The normalized spacial score (nSPS) is 18.0. The first-order chi connectivity index (χ1) is 17.9. The molecule has 11 nitrogen and oxygen atoms in total. The minimum atomic E-state index is -3.22. The lowest BCUT2D eigenvalue weighted by Crippen LogP contribution is -2.58. The van der Waals surface area contributed by atoms with E-state index in [2.05, 4.69) is 25.4 Å². The second-order valence-electron chi connectivity index (χ2n) is 9.39. The van der Waals surface area contributed by atoms with Crippen LogP contribution in [0.1, 0.15) is 0 Å². The van der Waals surface area contributed by atoms with Crippen LogP contribution in [0.15, 0.2) is 61.2 Å². The van der Waals surface area contributed by atoms with Crippen molar-refractivity contribution in [2.75, 3.05) is 42.7 Å². The molecule has 188 valence electrons. The Morgan fingerprint density at radius 2 is 2.08 bits per heavy atom. The number of H-pyrrole nitrogens is 1. The first-order valence-corrected chi connectivity index (χ1v) is 13.8. The third kappa shape index (κ3) is 3.85. The number of fused-ring (bicyclic) bond motifs is 5. The minimum absolute atomic E-state index is 0.00936. The van der Waals surface area contributed by atoms with Gasteiger partial charge in [-0.05, 0) is 18.2 Å². The van der Waals surface area contributed by atoms with E-state index in [1.165, 1.54) is 10.6 Å². The maximum atomic E-state index is 12.0. The van der Waals surface area contributed by atoms with Crippen molar-refractivity contribution in [3.63, 3.8) is 0 Å². The number of aromatic amines is 1. The number of ether oxygens (including phenoxy) is 1. The number of aromatic nitrogens is 5. The molecule has 37 heavy (non-hydrogen) atoms. The summed E-state index contributed by atoms with van der Waals surface area (Å²) in [7, 11) is -3.22. The second kappa shape index (κ2) is 8.18. The Hall–Kier alpha value is -4.16. The van der Waals surface area contributed by atoms with E-state index in [1.807, 2.05) is 53.2 Å². The standard InChI is InChI=1S/C25H24N8O3S/c1-37(34,35)32-8-9-33-19(13-32)15-36-23-11-18(4-5-22(23)33)28-24-25-26-6-7-31(25)14-21(29-24)16-2-3-17-12-27-30-20(17)10-16/h2-7,10-12,14,19H,8-9,13,15H2,1H3,(H,27,30)(H,28,29). The number of sulfonamides is 1. The lowest BCUT2D eigenvalue weighted by Gasteiger charge is -2.44. The first kappa shape index (κ1) is 22.1. The number of rotatable bonds is 4. The summed E-state index contributed by atoms with van der Waals surface area (Å²) in [5.74, 6) is 1.39. The molecule has 2 aliphatic rings. The zero-order valence-electron chi connectivity index (χ0n) is 20.0. The zero-order chi connectivity index (χ0) is 25.1. The maximum absolute atomic E-state index is 12.0. The number of piperazine rings is 1. The average molecular weight is 517 g/mol. The summed E-state index contributed by atoms with van der Waals surface area (Å²) in [6.45, 7) is 1.95. The van der Waals surface area contributed by atoms with E-state index in [1.54, 1.807) is 12.4 Å². The molecule has 3 aromatic heterocycles. The van der Waals surface area contributed by atoms with Gasteiger partial charge in [0.15, 0.2) is 11.5 Å². The smallest absolute Gasteiger partial charge is 0.211 e. The molecule has 12 heteroatoms. The molecular weight excluding hydrogens is 492 g/mol. The molecule has 0 radical (unpaired) electrons. The largest absolute Gasteiger partial charge is 0.489 e. The van der Waals surface area contributed by atoms with Crippen molar-refractivity contribution in [3.8, 4) is 17.0 Å². The van der Waals surface area contributed by atoms with Crippen molar-refractivity contribution in [1.29, 1.82) is 0 Å². The molecule has 0 bridgehead atoms. The Kier molecular flexibility index (Phi) is 4.88. The Bertz CT molecular complexity index is 1760. The van der Waals surface area contributed by atoms with Gasteiger partial charge in [-0.25, -0.2) is 18.4 Å². The molecule has 5 heterocycles. The second-order valence-corrected chi connectivity index (χ2v) is 11.4. The molecule has 1 atom stereocenters. The highest BCUT2D eigenvalue weighted by atomic mass is 32.2. The van der Waals surface area contributed by atoms with Crippen LogP contribution in [0.4, 0.5) is 17.2 Å². The maximum Gasteiger partial charge on any atom is 0.211 e. The van der Waals surface area contributed by atoms with Gasteiger partial charge in [-0.1, -0.05) is 12.1 Å². The summed E-state index contributed by atoms with van der Waals surface area (Å²) < 4.78 is 33.5. The Labute approximate surface area is 212 Å². The number of benzene rings is 2. The molecule has 5 aromatic rings. The summed E-state index contributed by atoms with van der Waals surface area (Å²) in [5, 5.41) is 11.6. The van der Waals surface area contributed by atoms with Crippen LogP contribution in [0.2, 0.25) is 0 Å². The molecule has 1 unspecified atom stereocenters. The molecule has 2 N–H and O–H groups in total. The molecular formula is C25H24N8O3S. The molecule has 1 fully saturated rings. The summed E-state index contributed by atoms with van der Waals surface area (Å²) in [5.41, 5.74) is 5.21. The molecule has 2 aliphatic heterocycles. The number of nitrogens with one attached hydrogen (secondary N) is 2. The third-order valence-corrected chi connectivity index (χ3v) is 8.26. The van der Waals surface area contributed by atoms with Crippen molar-refractivity contribution < 1.29 is 13.2 Å². The highest BCUT2D eigenvalue weighted by Crippen LogP contribution is 2.38. The number of hydrogen-bond donors (Lipinski definition) is 2.